The molecule has 1 aliphatic rings. The molecule has 0 amide bonds. The van der Waals surface area contributed by atoms with Crippen LogP contribution >= 0.6 is 11.3 Å². The van der Waals surface area contributed by atoms with Gasteiger partial charge in [-0.05, 0) is 26.3 Å². The minimum atomic E-state index is -0.128. The summed E-state index contributed by atoms with van der Waals surface area (Å²) >= 11 is 1.73. The number of rotatable bonds is 1. The lowest BCUT2D eigenvalue weighted by Gasteiger charge is -2.30. The molecule has 0 bridgehead atoms. The quantitative estimate of drug-likeness (QED) is 0.693. The lowest BCUT2D eigenvalue weighted by atomic mass is 9.94. The van der Waals surface area contributed by atoms with Gasteiger partial charge < -0.3 is 4.74 Å². The molecule has 0 radical (unpaired) electrons. The molecule has 0 spiro atoms. The number of thiophene rings is 1. The van der Waals surface area contributed by atoms with E-state index in [4.69, 9.17) is 14.7 Å². The number of hydrogen-bond donors (Lipinski definition) is 0. The Labute approximate surface area is 127 Å². The van der Waals surface area contributed by atoms with E-state index in [-0.39, 0.29) is 5.60 Å². The van der Waals surface area contributed by atoms with E-state index in [1.165, 1.54) is 15.8 Å². The van der Waals surface area contributed by atoms with Crippen LogP contribution in [0.4, 0.5) is 0 Å². The molecule has 3 aromatic heterocycles. The van der Waals surface area contributed by atoms with E-state index in [1.807, 2.05) is 11.4 Å². The third kappa shape index (κ3) is 1.89. The Hall–Kier alpha value is -1.53. The van der Waals surface area contributed by atoms with Gasteiger partial charge in [-0.1, -0.05) is 6.92 Å². The van der Waals surface area contributed by atoms with Crippen LogP contribution in [0.1, 0.15) is 42.9 Å². The molecule has 0 fully saturated rings. The SMILES string of the molecule is CCc1nc2c3c4c(sc3nc(C)n2n1)COC(C)(C)C4. The summed E-state index contributed by atoms with van der Waals surface area (Å²) in [7, 11) is 0. The van der Waals surface area contributed by atoms with Gasteiger partial charge in [0.05, 0.1) is 17.6 Å². The average Bonchev–Trinajstić information content (AvgIpc) is 2.98. The molecule has 0 aliphatic carbocycles. The Morgan fingerprint density at radius 2 is 2.14 bits per heavy atom. The van der Waals surface area contributed by atoms with Gasteiger partial charge in [-0.15, -0.1) is 16.4 Å². The highest BCUT2D eigenvalue weighted by Crippen LogP contribution is 2.39. The molecule has 4 heterocycles. The molecule has 6 heteroatoms. The first-order valence-electron chi connectivity index (χ1n) is 7.29. The third-order valence-corrected chi connectivity index (χ3v) is 5.13. The molecular formula is C15H18N4OS. The van der Waals surface area contributed by atoms with Crippen molar-refractivity contribution < 1.29 is 4.74 Å². The van der Waals surface area contributed by atoms with E-state index >= 15 is 0 Å². The van der Waals surface area contributed by atoms with Gasteiger partial charge in [0, 0.05) is 17.7 Å². The summed E-state index contributed by atoms with van der Waals surface area (Å²) in [4.78, 5) is 11.8. The largest absolute Gasteiger partial charge is 0.370 e. The summed E-state index contributed by atoms with van der Waals surface area (Å²) < 4.78 is 7.82. The van der Waals surface area contributed by atoms with Gasteiger partial charge in [0.15, 0.2) is 11.5 Å². The van der Waals surface area contributed by atoms with Crippen LogP contribution in [0.3, 0.4) is 0 Å². The first-order chi connectivity index (χ1) is 9.98. The van der Waals surface area contributed by atoms with Gasteiger partial charge >= 0.3 is 0 Å². The highest BCUT2D eigenvalue weighted by Gasteiger charge is 2.31. The van der Waals surface area contributed by atoms with Crippen molar-refractivity contribution in [1.29, 1.82) is 0 Å². The molecule has 3 aromatic rings. The molecule has 0 unspecified atom stereocenters. The smallest absolute Gasteiger partial charge is 0.168 e. The molecule has 21 heavy (non-hydrogen) atoms. The van der Waals surface area contributed by atoms with Crippen molar-refractivity contribution in [3.8, 4) is 0 Å². The zero-order valence-corrected chi connectivity index (χ0v) is 13.5. The van der Waals surface area contributed by atoms with E-state index in [2.05, 4.69) is 25.9 Å². The van der Waals surface area contributed by atoms with Crippen molar-refractivity contribution in [3.63, 3.8) is 0 Å². The van der Waals surface area contributed by atoms with Crippen molar-refractivity contribution >= 4 is 27.2 Å². The van der Waals surface area contributed by atoms with Crippen molar-refractivity contribution in [2.24, 2.45) is 0 Å². The number of ether oxygens (including phenoxy) is 1. The molecule has 0 saturated carbocycles. The average molecular weight is 302 g/mol. The fourth-order valence-corrected chi connectivity index (χ4v) is 4.08. The first-order valence-corrected chi connectivity index (χ1v) is 8.10. The second-order valence-electron chi connectivity index (χ2n) is 6.19. The summed E-state index contributed by atoms with van der Waals surface area (Å²) in [6, 6.07) is 0. The van der Waals surface area contributed by atoms with Crippen LogP contribution in [0.2, 0.25) is 0 Å². The van der Waals surface area contributed by atoms with Gasteiger partial charge in [-0.3, -0.25) is 0 Å². The second kappa shape index (κ2) is 4.24. The third-order valence-electron chi connectivity index (χ3n) is 4.03. The predicted molar refractivity (Wildman–Crippen MR) is 82.9 cm³/mol. The van der Waals surface area contributed by atoms with E-state index in [0.717, 1.165) is 35.0 Å². The standard InChI is InChI=1S/C15H18N4OS/c1-5-11-17-13-12-9-6-15(3,4)20-7-10(9)21-14(12)16-8(2)19(13)18-11/h5-7H2,1-4H3. The maximum Gasteiger partial charge on any atom is 0.168 e. The summed E-state index contributed by atoms with van der Waals surface area (Å²) in [5, 5.41) is 5.73. The molecular weight excluding hydrogens is 284 g/mol. The van der Waals surface area contributed by atoms with Crippen LogP contribution < -0.4 is 0 Å². The van der Waals surface area contributed by atoms with E-state index < -0.39 is 0 Å². The summed E-state index contributed by atoms with van der Waals surface area (Å²) in [5.74, 6) is 1.77. The lowest BCUT2D eigenvalue weighted by molar-refractivity contribution is -0.0379. The fraction of sp³-hybridized carbons (Fsp3) is 0.533. The van der Waals surface area contributed by atoms with Gasteiger partial charge in [-0.2, -0.15) is 4.52 Å². The Morgan fingerprint density at radius 3 is 2.90 bits per heavy atom. The zero-order chi connectivity index (χ0) is 14.8. The van der Waals surface area contributed by atoms with E-state index in [9.17, 15) is 0 Å². The molecule has 0 atom stereocenters. The lowest BCUT2D eigenvalue weighted by Crippen LogP contribution is -2.31. The van der Waals surface area contributed by atoms with Crippen LogP contribution in [0, 0.1) is 6.92 Å². The van der Waals surface area contributed by atoms with Crippen LogP contribution in [0.5, 0.6) is 0 Å². The van der Waals surface area contributed by atoms with Crippen molar-refractivity contribution in [3.05, 3.63) is 22.1 Å². The number of nitrogens with zero attached hydrogens (tertiary/aromatic N) is 4. The van der Waals surface area contributed by atoms with Crippen molar-refractivity contribution in [2.75, 3.05) is 0 Å². The minimum absolute atomic E-state index is 0.128. The Bertz CT molecular complexity index is 862. The van der Waals surface area contributed by atoms with Crippen molar-refractivity contribution in [1.82, 2.24) is 19.6 Å². The van der Waals surface area contributed by atoms with E-state index in [0.29, 0.717) is 6.61 Å². The zero-order valence-electron chi connectivity index (χ0n) is 12.7. The maximum atomic E-state index is 5.93. The highest BCUT2D eigenvalue weighted by molar-refractivity contribution is 7.19. The van der Waals surface area contributed by atoms with Gasteiger partial charge in [0.25, 0.3) is 0 Å². The summed E-state index contributed by atoms with van der Waals surface area (Å²) in [6.45, 7) is 9.01. The highest BCUT2D eigenvalue weighted by atomic mass is 32.1. The number of hydrogen-bond acceptors (Lipinski definition) is 5. The molecule has 4 rings (SSSR count). The first kappa shape index (κ1) is 13.2. The number of fused-ring (bicyclic) bond motifs is 5. The number of aryl methyl sites for hydroxylation is 2. The van der Waals surface area contributed by atoms with Gasteiger partial charge in [0.2, 0.25) is 0 Å². The summed E-state index contributed by atoms with van der Waals surface area (Å²) in [5.41, 5.74) is 2.17. The fourth-order valence-electron chi connectivity index (χ4n) is 2.93. The normalized spacial score (nSPS) is 17.5. The van der Waals surface area contributed by atoms with Crippen molar-refractivity contribution in [2.45, 2.75) is 52.7 Å². The van der Waals surface area contributed by atoms with Gasteiger partial charge in [0.1, 0.15) is 10.7 Å². The predicted octanol–water partition coefficient (Wildman–Crippen LogP) is 3.06. The van der Waals surface area contributed by atoms with E-state index in [1.54, 1.807) is 11.3 Å². The Kier molecular flexibility index (Phi) is 2.65. The Morgan fingerprint density at radius 1 is 1.33 bits per heavy atom. The van der Waals surface area contributed by atoms with Gasteiger partial charge in [-0.25, -0.2) is 9.97 Å². The summed E-state index contributed by atoms with van der Waals surface area (Å²) in [6.07, 6.45) is 1.74. The maximum absolute atomic E-state index is 5.93. The van der Waals surface area contributed by atoms with Crippen LogP contribution in [0.15, 0.2) is 0 Å². The minimum Gasteiger partial charge on any atom is -0.370 e. The Balaban J connectivity index is 2.09. The van der Waals surface area contributed by atoms with Crippen LogP contribution in [-0.2, 0) is 24.2 Å². The number of aromatic nitrogens is 4. The topological polar surface area (TPSA) is 52.3 Å². The molecule has 5 nitrogen and oxygen atoms in total. The molecule has 110 valence electrons. The molecule has 0 aromatic carbocycles. The monoisotopic (exact) mass is 302 g/mol. The second-order valence-corrected chi connectivity index (χ2v) is 7.27. The van der Waals surface area contributed by atoms with Crippen LogP contribution in [-0.4, -0.2) is 25.2 Å². The van der Waals surface area contributed by atoms with Crippen LogP contribution in [0.25, 0.3) is 15.9 Å². The molecule has 1 aliphatic heterocycles. The molecule has 0 saturated heterocycles. The molecule has 0 N–H and O–H groups in total.